The molecule has 11 heavy (non-hydrogen) atoms. The Bertz CT molecular complexity index is 114. The molecule has 0 aromatic heterocycles. The molecule has 0 radical (unpaired) electrons. The first-order valence-corrected chi connectivity index (χ1v) is 7.26. The maximum atomic E-state index is 5.93. The standard InChI is InChI=1S/C5H7Cl3S3/c6-2-1-3-9-4(7)11-5(8)10-3/h3-5H,1-2H2. The largest absolute Gasteiger partial charge is 0.128 e. The van der Waals surface area contributed by atoms with Crippen LogP contribution in [0.2, 0.25) is 0 Å². The van der Waals surface area contributed by atoms with Gasteiger partial charge in [0, 0.05) is 5.88 Å². The highest BCUT2D eigenvalue weighted by Crippen LogP contribution is 2.51. The molecule has 2 unspecified atom stereocenters. The third kappa shape index (κ3) is 4.10. The summed E-state index contributed by atoms with van der Waals surface area (Å²) in [5.74, 6) is 0.683. The quantitative estimate of drug-likeness (QED) is 0.690. The van der Waals surface area contributed by atoms with Crippen molar-refractivity contribution in [2.24, 2.45) is 0 Å². The lowest BCUT2D eigenvalue weighted by Gasteiger charge is -2.26. The van der Waals surface area contributed by atoms with Crippen LogP contribution in [0.4, 0.5) is 0 Å². The van der Waals surface area contributed by atoms with Crippen molar-refractivity contribution in [2.45, 2.75) is 19.1 Å². The summed E-state index contributed by atoms with van der Waals surface area (Å²) in [7, 11) is 0. The molecule has 2 atom stereocenters. The van der Waals surface area contributed by atoms with E-state index in [4.69, 9.17) is 34.8 Å². The van der Waals surface area contributed by atoms with E-state index < -0.39 is 0 Å². The van der Waals surface area contributed by atoms with Gasteiger partial charge in [-0.3, -0.25) is 0 Å². The van der Waals surface area contributed by atoms with E-state index in [1.165, 1.54) is 0 Å². The molecule has 1 heterocycles. The second-order valence-corrected chi connectivity index (χ2v) is 8.89. The molecule has 0 N–H and O–H groups in total. The van der Waals surface area contributed by atoms with Crippen molar-refractivity contribution in [3.8, 4) is 0 Å². The lowest BCUT2D eigenvalue weighted by atomic mass is 10.6. The summed E-state index contributed by atoms with van der Waals surface area (Å²) in [5, 5.41) is 0. The van der Waals surface area contributed by atoms with Crippen molar-refractivity contribution in [1.29, 1.82) is 0 Å². The number of alkyl halides is 3. The Kier molecular flexibility index (Phi) is 5.61. The molecular formula is C5H7Cl3S3. The topological polar surface area (TPSA) is 0 Å². The summed E-state index contributed by atoms with van der Waals surface area (Å²) in [6, 6.07) is 0. The molecule has 1 aliphatic heterocycles. The predicted molar refractivity (Wildman–Crippen MR) is 61.2 cm³/mol. The summed E-state index contributed by atoms with van der Waals surface area (Å²) in [6.45, 7) is 0. The number of hydrogen-bond acceptors (Lipinski definition) is 3. The number of rotatable bonds is 2. The van der Waals surface area contributed by atoms with Crippen molar-refractivity contribution in [3.05, 3.63) is 0 Å². The third-order valence-corrected chi connectivity index (χ3v) is 6.46. The molecule has 66 valence electrons. The molecular weight excluding hydrogens is 263 g/mol. The normalized spacial score (nSPS) is 39.0. The first-order chi connectivity index (χ1) is 5.22. The molecule has 0 amide bonds. The van der Waals surface area contributed by atoms with Crippen LogP contribution in [0.25, 0.3) is 0 Å². The lowest BCUT2D eigenvalue weighted by Crippen LogP contribution is -2.11. The maximum absolute atomic E-state index is 5.93. The van der Waals surface area contributed by atoms with E-state index in [0.29, 0.717) is 10.5 Å². The average Bonchev–Trinajstić information content (AvgIpc) is 1.85. The molecule has 0 aromatic rings. The van der Waals surface area contributed by atoms with Gasteiger partial charge in [0.15, 0.2) is 0 Å². The summed E-state index contributed by atoms with van der Waals surface area (Å²) < 4.78 is 0.651. The van der Waals surface area contributed by atoms with Crippen molar-refractivity contribution in [3.63, 3.8) is 0 Å². The van der Waals surface area contributed by atoms with E-state index in [2.05, 4.69) is 0 Å². The maximum Gasteiger partial charge on any atom is 0.128 e. The molecule has 1 saturated heterocycles. The number of hydrogen-bond donors (Lipinski definition) is 0. The first-order valence-electron chi connectivity index (χ1n) is 3.03. The monoisotopic (exact) mass is 268 g/mol. The second kappa shape index (κ2) is 5.61. The van der Waals surface area contributed by atoms with Crippen LogP contribution in [0.1, 0.15) is 6.42 Å². The predicted octanol–water partition coefficient (Wildman–Crippen LogP) is 4.20. The molecule has 0 aromatic carbocycles. The fraction of sp³-hybridized carbons (Fsp3) is 1.00. The molecule has 0 bridgehead atoms. The lowest BCUT2D eigenvalue weighted by molar-refractivity contribution is 1.07. The van der Waals surface area contributed by atoms with Crippen molar-refractivity contribution < 1.29 is 0 Å². The Morgan fingerprint density at radius 3 is 2.00 bits per heavy atom. The zero-order chi connectivity index (χ0) is 8.27. The Labute approximate surface area is 94.5 Å². The van der Waals surface area contributed by atoms with Crippen molar-refractivity contribution in [2.75, 3.05) is 5.88 Å². The minimum Gasteiger partial charge on any atom is -0.127 e. The van der Waals surface area contributed by atoms with Crippen LogP contribution in [0, 0.1) is 0 Å². The van der Waals surface area contributed by atoms with Crippen LogP contribution < -0.4 is 0 Å². The minimum atomic E-state index is 0.0898. The van der Waals surface area contributed by atoms with Gasteiger partial charge in [0.1, 0.15) is 8.08 Å². The molecule has 0 aliphatic carbocycles. The highest BCUT2D eigenvalue weighted by molar-refractivity contribution is 8.35. The van der Waals surface area contributed by atoms with Gasteiger partial charge in [0.05, 0.1) is 4.58 Å². The van der Waals surface area contributed by atoms with Gasteiger partial charge in [-0.2, -0.15) is 0 Å². The summed E-state index contributed by atoms with van der Waals surface area (Å²) in [5.41, 5.74) is 0. The van der Waals surface area contributed by atoms with Crippen LogP contribution in [-0.2, 0) is 0 Å². The van der Waals surface area contributed by atoms with Crippen LogP contribution in [0.5, 0.6) is 0 Å². The number of halogens is 3. The molecule has 1 fully saturated rings. The molecule has 0 nitrogen and oxygen atoms in total. The van der Waals surface area contributed by atoms with Crippen molar-refractivity contribution in [1.82, 2.24) is 0 Å². The Morgan fingerprint density at radius 1 is 1.00 bits per heavy atom. The van der Waals surface area contributed by atoms with Crippen LogP contribution in [-0.4, -0.2) is 18.5 Å². The summed E-state index contributed by atoms with van der Waals surface area (Å²) >= 11 is 22.5. The Morgan fingerprint density at radius 2 is 1.55 bits per heavy atom. The van der Waals surface area contributed by atoms with Gasteiger partial charge >= 0.3 is 0 Å². The molecule has 1 rings (SSSR count). The number of thioether (sulfide) groups is 3. The zero-order valence-electron chi connectivity index (χ0n) is 5.50. The average molecular weight is 270 g/mol. The molecule has 6 heteroatoms. The highest BCUT2D eigenvalue weighted by atomic mass is 35.5. The van der Waals surface area contributed by atoms with Gasteiger partial charge in [-0.05, 0) is 6.42 Å². The Balaban J connectivity index is 2.30. The van der Waals surface area contributed by atoms with E-state index >= 15 is 0 Å². The van der Waals surface area contributed by atoms with Crippen molar-refractivity contribution >= 4 is 70.1 Å². The zero-order valence-corrected chi connectivity index (χ0v) is 10.2. The van der Waals surface area contributed by atoms with E-state index in [9.17, 15) is 0 Å². The van der Waals surface area contributed by atoms with E-state index in [1.807, 2.05) is 0 Å². The molecule has 0 saturated carbocycles. The van der Waals surface area contributed by atoms with Gasteiger partial charge in [-0.15, -0.1) is 46.9 Å². The highest BCUT2D eigenvalue weighted by Gasteiger charge is 2.27. The van der Waals surface area contributed by atoms with E-state index in [0.717, 1.165) is 6.42 Å². The summed E-state index contributed by atoms with van der Waals surface area (Å²) in [6.07, 6.45) is 0.976. The van der Waals surface area contributed by atoms with E-state index in [-0.39, 0.29) is 8.08 Å². The minimum absolute atomic E-state index is 0.0898. The second-order valence-electron chi connectivity index (χ2n) is 1.86. The fourth-order valence-corrected chi connectivity index (χ4v) is 8.07. The molecule has 1 aliphatic rings. The van der Waals surface area contributed by atoms with Crippen LogP contribution in [0.3, 0.4) is 0 Å². The van der Waals surface area contributed by atoms with Crippen LogP contribution in [0.15, 0.2) is 0 Å². The third-order valence-electron chi connectivity index (χ3n) is 1.08. The first kappa shape index (κ1) is 11.0. The SMILES string of the molecule is ClCCC1SC(Cl)SC(Cl)S1. The van der Waals surface area contributed by atoms with Gasteiger partial charge in [-0.25, -0.2) is 0 Å². The van der Waals surface area contributed by atoms with Gasteiger partial charge in [0.25, 0.3) is 0 Å². The van der Waals surface area contributed by atoms with Gasteiger partial charge < -0.3 is 0 Å². The van der Waals surface area contributed by atoms with E-state index in [1.54, 1.807) is 35.3 Å². The summed E-state index contributed by atoms with van der Waals surface area (Å²) in [4.78, 5) is 0. The van der Waals surface area contributed by atoms with Gasteiger partial charge in [0.2, 0.25) is 0 Å². The van der Waals surface area contributed by atoms with Gasteiger partial charge in [-0.1, -0.05) is 23.2 Å². The Hall–Kier alpha value is 1.92. The fourth-order valence-electron chi connectivity index (χ4n) is 0.644. The smallest absolute Gasteiger partial charge is 0.127 e. The molecule has 0 spiro atoms. The van der Waals surface area contributed by atoms with Crippen LogP contribution >= 0.6 is 70.1 Å².